The topological polar surface area (TPSA) is 114 Å². The molecule has 1 heterocycles. The molecular weight excluding hydrogens is 345 g/mol. The van der Waals surface area contributed by atoms with E-state index in [-0.39, 0.29) is 12.4 Å². The lowest BCUT2D eigenvalue weighted by Crippen LogP contribution is -2.28. The van der Waals surface area contributed by atoms with Crippen LogP contribution < -0.4 is 10.9 Å². The number of carbonyl (C=O) groups is 1. The van der Waals surface area contributed by atoms with Crippen molar-refractivity contribution in [2.45, 2.75) is 26.7 Å². The number of hydrogen-bond acceptors (Lipinski definition) is 6. The number of carbonyl (C=O) groups excluding carboxylic acids is 1. The predicted molar refractivity (Wildman–Crippen MR) is 90.1 cm³/mol. The molecule has 0 atom stereocenters. The first-order valence-corrected chi connectivity index (χ1v) is 8.05. The molecule has 0 unspecified atom stereocenters. The van der Waals surface area contributed by atoms with Crippen LogP contribution >= 0.6 is 0 Å². The molecule has 0 saturated carbocycles. The third-order valence-electron chi connectivity index (χ3n) is 3.35. The Hall–Kier alpha value is -2.78. The Labute approximate surface area is 149 Å². The molecule has 0 aliphatic heterocycles. The van der Waals surface area contributed by atoms with Gasteiger partial charge >= 0.3 is 0 Å². The Morgan fingerprint density at radius 1 is 1.27 bits per heavy atom. The van der Waals surface area contributed by atoms with E-state index in [1.807, 2.05) is 0 Å². The van der Waals surface area contributed by atoms with Crippen molar-refractivity contribution in [1.82, 2.24) is 15.3 Å². The molecule has 2 rings (SSSR count). The van der Waals surface area contributed by atoms with Crippen LogP contribution in [0.4, 0.5) is 4.39 Å². The number of amides is 1. The Bertz CT molecular complexity index is 801. The first-order valence-electron chi connectivity index (χ1n) is 8.05. The molecule has 26 heavy (non-hydrogen) atoms. The summed E-state index contributed by atoms with van der Waals surface area (Å²) >= 11 is 0. The van der Waals surface area contributed by atoms with Crippen molar-refractivity contribution in [3.05, 3.63) is 57.5 Å². The van der Waals surface area contributed by atoms with Crippen molar-refractivity contribution >= 4 is 5.91 Å². The van der Waals surface area contributed by atoms with Crippen LogP contribution in [0.5, 0.6) is 5.75 Å². The van der Waals surface area contributed by atoms with Crippen LogP contribution in [0.1, 0.15) is 42.0 Å². The van der Waals surface area contributed by atoms with Crippen LogP contribution in [-0.2, 0) is 16.0 Å². The van der Waals surface area contributed by atoms with E-state index in [4.69, 9.17) is 9.47 Å². The molecule has 0 spiro atoms. The zero-order chi connectivity index (χ0) is 19.1. The van der Waals surface area contributed by atoms with Gasteiger partial charge in [-0.05, 0) is 31.5 Å². The van der Waals surface area contributed by atoms with Gasteiger partial charge in [-0.1, -0.05) is 12.1 Å². The first kappa shape index (κ1) is 19.5. The maximum Gasteiger partial charge on any atom is 0.294 e. The second-order valence-corrected chi connectivity index (χ2v) is 5.20. The molecule has 3 N–H and O–H groups in total. The molecule has 0 aliphatic rings. The number of H-pyrrole nitrogens is 1. The SMILES string of the molecule is CCOC(OCC)c1nc(C(=O)NCc2ccc(F)cc2)c(O)c(=O)[nH]1. The Morgan fingerprint density at radius 2 is 1.88 bits per heavy atom. The van der Waals surface area contributed by atoms with E-state index in [1.54, 1.807) is 13.8 Å². The van der Waals surface area contributed by atoms with Gasteiger partial charge in [0.15, 0.2) is 11.5 Å². The highest BCUT2D eigenvalue weighted by molar-refractivity contribution is 5.94. The van der Waals surface area contributed by atoms with Crippen molar-refractivity contribution in [3.63, 3.8) is 0 Å². The number of nitrogens with one attached hydrogen (secondary N) is 2. The minimum Gasteiger partial charge on any atom is -0.501 e. The number of aromatic hydroxyl groups is 1. The maximum absolute atomic E-state index is 12.9. The Kier molecular flexibility index (Phi) is 6.81. The largest absolute Gasteiger partial charge is 0.501 e. The van der Waals surface area contributed by atoms with Gasteiger partial charge < -0.3 is 24.9 Å². The highest BCUT2D eigenvalue weighted by atomic mass is 19.1. The Morgan fingerprint density at radius 3 is 2.46 bits per heavy atom. The minimum atomic E-state index is -0.970. The quantitative estimate of drug-likeness (QED) is 0.613. The summed E-state index contributed by atoms with van der Waals surface area (Å²) in [6.45, 7) is 4.13. The van der Waals surface area contributed by atoms with E-state index < -0.39 is 35.0 Å². The third kappa shape index (κ3) is 4.87. The van der Waals surface area contributed by atoms with E-state index in [9.17, 15) is 19.1 Å². The number of hydrogen-bond donors (Lipinski definition) is 3. The van der Waals surface area contributed by atoms with Crippen LogP contribution in [0.3, 0.4) is 0 Å². The predicted octanol–water partition coefficient (Wildman–Crippen LogP) is 1.62. The summed E-state index contributed by atoms with van der Waals surface area (Å²) < 4.78 is 23.6. The lowest BCUT2D eigenvalue weighted by Gasteiger charge is -2.16. The van der Waals surface area contributed by atoms with Gasteiger partial charge in [0.05, 0.1) is 0 Å². The maximum atomic E-state index is 12.9. The minimum absolute atomic E-state index is 0.0246. The summed E-state index contributed by atoms with van der Waals surface area (Å²) in [5.41, 5.74) is -0.688. The molecule has 1 amide bonds. The molecule has 0 bridgehead atoms. The summed E-state index contributed by atoms with van der Waals surface area (Å²) in [6, 6.07) is 5.54. The monoisotopic (exact) mass is 365 g/mol. The number of halogens is 1. The standard InChI is InChI=1S/C17H20FN3O5/c1-3-25-17(26-4-2)14-20-12(13(22)16(24)21-14)15(23)19-9-10-5-7-11(18)8-6-10/h5-8,17,22H,3-4,9H2,1-2H3,(H,19,23)(H,20,21,24). The molecule has 9 heteroatoms. The van der Waals surface area contributed by atoms with Gasteiger partial charge in [0.2, 0.25) is 12.0 Å². The number of rotatable bonds is 8. The van der Waals surface area contributed by atoms with Crippen LogP contribution in [0.2, 0.25) is 0 Å². The fourth-order valence-corrected chi connectivity index (χ4v) is 2.13. The highest BCUT2D eigenvalue weighted by Gasteiger charge is 2.22. The lowest BCUT2D eigenvalue weighted by atomic mass is 10.2. The lowest BCUT2D eigenvalue weighted by molar-refractivity contribution is -0.145. The van der Waals surface area contributed by atoms with Crippen molar-refractivity contribution in [2.75, 3.05) is 13.2 Å². The van der Waals surface area contributed by atoms with Gasteiger partial charge in [0.1, 0.15) is 5.82 Å². The molecule has 8 nitrogen and oxygen atoms in total. The molecule has 0 saturated heterocycles. The van der Waals surface area contributed by atoms with Gasteiger partial charge in [-0.3, -0.25) is 9.59 Å². The van der Waals surface area contributed by atoms with E-state index in [0.717, 1.165) is 0 Å². The van der Waals surface area contributed by atoms with Gasteiger partial charge in [0, 0.05) is 19.8 Å². The van der Waals surface area contributed by atoms with E-state index >= 15 is 0 Å². The average Bonchev–Trinajstić information content (AvgIpc) is 2.63. The first-order chi connectivity index (χ1) is 12.5. The number of ether oxygens (including phenoxy) is 2. The van der Waals surface area contributed by atoms with E-state index in [0.29, 0.717) is 18.8 Å². The van der Waals surface area contributed by atoms with Crippen LogP contribution in [0, 0.1) is 5.82 Å². The third-order valence-corrected chi connectivity index (χ3v) is 3.35. The van der Waals surface area contributed by atoms with Crippen molar-refractivity contribution < 1.29 is 23.8 Å². The second kappa shape index (κ2) is 9.07. The molecule has 0 fully saturated rings. The normalized spacial score (nSPS) is 10.9. The molecule has 0 radical (unpaired) electrons. The number of aromatic nitrogens is 2. The number of aromatic amines is 1. The summed E-state index contributed by atoms with van der Waals surface area (Å²) in [6.07, 6.45) is -0.970. The van der Waals surface area contributed by atoms with Gasteiger partial charge in [0.25, 0.3) is 11.5 Å². The van der Waals surface area contributed by atoms with Crippen LogP contribution in [0.25, 0.3) is 0 Å². The molecule has 1 aromatic carbocycles. The molecule has 2 aromatic rings. The van der Waals surface area contributed by atoms with E-state index in [1.165, 1.54) is 24.3 Å². The molecule has 0 aliphatic carbocycles. The fourth-order valence-electron chi connectivity index (χ4n) is 2.13. The molecule has 140 valence electrons. The van der Waals surface area contributed by atoms with E-state index in [2.05, 4.69) is 15.3 Å². The van der Waals surface area contributed by atoms with Gasteiger partial charge in [-0.25, -0.2) is 9.37 Å². The zero-order valence-corrected chi connectivity index (χ0v) is 14.4. The molecular formula is C17H20FN3O5. The van der Waals surface area contributed by atoms with Crippen molar-refractivity contribution in [1.29, 1.82) is 0 Å². The zero-order valence-electron chi connectivity index (χ0n) is 14.4. The van der Waals surface area contributed by atoms with Crippen molar-refractivity contribution in [2.24, 2.45) is 0 Å². The van der Waals surface area contributed by atoms with Crippen LogP contribution in [0.15, 0.2) is 29.1 Å². The number of nitrogens with zero attached hydrogens (tertiary/aromatic N) is 1. The fraction of sp³-hybridized carbons (Fsp3) is 0.353. The second-order valence-electron chi connectivity index (χ2n) is 5.20. The van der Waals surface area contributed by atoms with Gasteiger partial charge in [-0.15, -0.1) is 0 Å². The van der Waals surface area contributed by atoms with Gasteiger partial charge in [-0.2, -0.15) is 0 Å². The Balaban J connectivity index is 2.22. The summed E-state index contributed by atoms with van der Waals surface area (Å²) in [5.74, 6) is -1.98. The van der Waals surface area contributed by atoms with Crippen LogP contribution in [-0.4, -0.2) is 34.2 Å². The molecule has 1 aromatic heterocycles. The summed E-state index contributed by atoms with van der Waals surface area (Å²) in [5, 5.41) is 12.4. The van der Waals surface area contributed by atoms with Crippen molar-refractivity contribution in [3.8, 4) is 5.75 Å². The number of benzene rings is 1. The summed E-state index contributed by atoms with van der Waals surface area (Å²) in [7, 11) is 0. The average molecular weight is 365 g/mol. The summed E-state index contributed by atoms with van der Waals surface area (Å²) in [4.78, 5) is 30.5. The smallest absolute Gasteiger partial charge is 0.294 e. The highest BCUT2D eigenvalue weighted by Crippen LogP contribution is 2.17.